The molecule has 6 heteroatoms. The maximum absolute atomic E-state index is 5.28. The molecule has 260 valence electrons. The van der Waals surface area contributed by atoms with Crippen LogP contribution >= 0.6 is 0 Å². The van der Waals surface area contributed by atoms with E-state index in [1.54, 1.807) is 0 Å². The number of hydrogen-bond acceptors (Lipinski definition) is 6. The third-order valence-corrected chi connectivity index (χ3v) is 9.69. The smallest absolute Gasteiger partial charge is 0.164 e. The Morgan fingerprint density at radius 2 is 1.04 bits per heavy atom. The first-order chi connectivity index (χ1) is 27.2. The molecule has 0 bridgehead atoms. The van der Waals surface area contributed by atoms with E-state index in [0.29, 0.717) is 17.5 Å². The zero-order valence-electron chi connectivity index (χ0n) is 30.1. The minimum absolute atomic E-state index is 0.543. The lowest BCUT2D eigenvalue weighted by Crippen LogP contribution is -2.02. The quantitative estimate of drug-likeness (QED) is 0.116. The Morgan fingerprint density at radius 1 is 0.455 bits per heavy atom. The predicted octanol–water partition coefficient (Wildman–Crippen LogP) is 12.3. The van der Waals surface area contributed by atoms with Gasteiger partial charge in [-0.25, -0.2) is 24.9 Å². The monoisotopic (exact) mass is 706 g/mol. The molecule has 0 saturated carbocycles. The molecule has 0 aliphatic rings. The number of aliphatic imine (C=N–C) groups is 1. The van der Waals surface area contributed by atoms with E-state index in [1.165, 1.54) is 0 Å². The third kappa shape index (κ3) is 6.47. The van der Waals surface area contributed by atoms with Gasteiger partial charge >= 0.3 is 0 Å². The van der Waals surface area contributed by atoms with Crippen molar-refractivity contribution in [1.82, 2.24) is 24.9 Å². The SMILES string of the molecule is C=Nc1c(/C=C\C)cccc1-c1cccc(-c2nc(-c3ccccc3)nc(-c3cc(-c4ccccc4)nc4c3ccc3ccc(-c5ccccc5)nc34)n2)c1. The maximum atomic E-state index is 5.28. The molecule has 6 nitrogen and oxygen atoms in total. The molecule has 0 aliphatic heterocycles. The highest BCUT2D eigenvalue weighted by Gasteiger charge is 2.19. The highest BCUT2D eigenvalue weighted by Crippen LogP contribution is 2.38. The van der Waals surface area contributed by atoms with Gasteiger partial charge in [0.05, 0.1) is 28.1 Å². The Bertz CT molecular complexity index is 2890. The Labute approximate surface area is 319 Å². The van der Waals surface area contributed by atoms with Gasteiger partial charge in [0, 0.05) is 49.7 Å². The van der Waals surface area contributed by atoms with Gasteiger partial charge in [-0.3, -0.25) is 4.99 Å². The lowest BCUT2D eigenvalue weighted by atomic mass is 9.98. The Hall–Kier alpha value is -7.44. The number of pyridine rings is 2. The highest BCUT2D eigenvalue weighted by atomic mass is 15.0. The fraction of sp³-hybridized carbons (Fsp3) is 0.0204. The van der Waals surface area contributed by atoms with Gasteiger partial charge in [0.1, 0.15) is 0 Å². The molecule has 0 spiro atoms. The fourth-order valence-electron chi connectivity index (χ4n) is 7.04. The number of aromatic nitrogens is 5. The fourth-order valence-corrected chi connectivity index (χ4v) is 7.04. The first kappa shape index (κ1) is 33.4. The van der Waals surface area contributed by atoms with Crippen molar-refractivity contribution in [3.05, 3.63) is 175 Å². The lowest BCUT2D eigenvalue weighted by molar-refractivity contribution is 1.08. The molecule has 55 heavy (non-hydrogen) atoms. The minimum atomic E-state index is 0.543. The molecule has 0 N–H and O–H groups in total. The molecule has 0 amide bonds. The number of fused-ring (bicyclic) bond motifs is 3. The van der Waals surface area contributed by atoms with Crippen LogP contribution in [0.1, 0.15) is 12.5 Å². The van der Waals surface area contributed by atoms with Gasteiger partial charge in [0.2, 0.25) is 0 Å². The summed E-state index contributed by atoms with van der Waals surface area (Å²) in [5, 5.41) is 1.90. The van der Waals surface area contributed by atoms with E-state index < -0.39 is 0 Å². The van der Waals surface area contributed by atoms with Crippen LogP contribution in [0.2, 0.25) is 0 Å². The molecule has 9 rings (SSSR count). The number of para-hydroxylation sites is 1. The van der Waals surface area contributed by atoms with Crippen LogP contribution in [0.25, 0.3) is 95.7 Å². The van der Waals surface area contributed by atoms with Crippen molar-refractivity contribution in [2.24, 2.45) is 4.99 Å². The molecule has 3 aromatic heterocycles. The second-order valence-electron chi connectivity index (χ2n) is 13.2. The Morgan fingerprint density at radius 3 is 1.75 bits per heavy atom. The Balaban J connectivity index is 1.29. The van der Waals surface area contributed by atoms with E-state index >= 15 is 0 Å². The average Bonchev–Trinajstić information content (AvgIpc) is 3.26. The average molecular weight is 707 g/mol. The first-order valence-electron chi connectivity index (χ1n) is 18.2. The number of rotatable bonds is 8. The first-order valence-corrected chi connectivity index (χ1v) is 18.2. The van der Waals surface area contributed by atoms with Gasteiger partial charge in [-0.2, -0.15) is 0 Å². The molecule has 9 aromatic rings. The second kappa shape index (κ2) is 14.5. The van der Waals surface area contributed by atoms with Crippen LogP contribution in [-0.2, 0) is 0 Å². The van der Waals surface area contributed by atoms with Gasteiger partial charge in [0.15, 0.2) is 17.5 Å². The van der Waals surface area contributed by atoms with Gasteiger partial charge in [-0.1, -0.05) is 158 Å². The van der Waals surface area contributed by atoms with E-state index in [9.17, 15) is 0 Å². The molecule has 0 atom stereocenters. The van der Waals surface area contributed by atoms with Crippen LogP contribution < -0.4 is 0 Å². The summed E-state index contributed by atoms with van der Waals surface area (Å²) in [6, 6.07) is 55.4. The number of hydrogen-bond donors (Lipinski definition) is 0. The van der Waals surface area contributed by atoms with Crippen LogP contribution in [0.4, 0.5) is 5.69 Å². The third-order valence-electron chi connectivity index (χ3n) is 9.69. The summed E-state index contributed by atoms with van der Waals surface area (Å²) >= 11 is 0. The van der Waals surface area contributed by atoms with Gasteiger partial charge in [-0.15, -0.1) is 0 Å². The van der Waals surface area contributed by atoms with E-state index in [0.717, 1.165) is 83.4 Å². The Kier molecular flexibility index (Phi) is 8.82. The highest BCUT2D eigenvalue weighted by molar-refractivity contribution is 6.09. The molecule has 0 radical (unpaired) electrons. The van der Waals surface area contributed by atoms with Crippen molar-refractivity contribution in [2.45, 2.75) is 6.92 Å². The topological polar surface area (TPSA) is 76.8 Å². The molecular weight excluding hydrogens is 673 g/mol. The van der Waals surface area contributed by atoms with Crippen LogP contribution in [0.15, 0.2) is 175 Å². The van der Waals surface area contributed by atoms with E-state index in [1.807, 2.05) is 110 Å². The molecule has 3 heterocycles. The second-order valence-corrected chi connectivity index (χ2v) is 13.2. The van der Waals surface area contributed by atoms with Crippen molar-refractivity contribution in [2.75, 3.05) is 0 Å². The van der Waals surface area contributed by atoms with Crippen LogP contribution in [0.3, 0.4) is 0 Å². The summed E-state index contributed by atoms with van der Waals surface area (Å²) in [6.07, 6.45) is 4.06. The van der Waals surface area contributed by atoms with Crippen LogP contribution in [-0.4, -0.2) is 31.6 Å². The number of nitrogens with zero attached hydrogens (tertiary/aromatic N) is 6. The van der Waals surface area contributed by atoms with Crippen molar-refractivity contribution in [1.29, 1.82) is 0 Å². The summed E-state index contributed by atoms with van der Waals surface area (Å²) in [5.74, 6) is 1.67. The molecule has 0 aliphatic carbocycles. The maximum Gasteiger partial charge on any atom is 0.164 e. The van der Waals surface area contributed by atoms with E-state index in [4.69, 9.17) is 24.9 Å². The van der Waals surface area contributed by atoms with Crippen molar-refractivity contribution in [3.8, 4) is 67.8 Å². The number of allylic oxidation sites excluding steroid dienone is 1. The lowest BCUT2D eigenvalue weighted by Gasteiger charge is -2.14. The van der Waals surface area contributed by atoms with Gasteiger partial charge in [-0.05, 0) is 37.4 Å². The minimum Gasteiger partial charge on any atom is -0.263 e. The van der Waals surface area contributed by atoms with Crippen LogP contribution in [0.5, 0.6) is 0 Å². The summed E-state index contributed by atoms with van der Waals surface area (Å²) in [7, 11) is 0. The summed E-state index contributed by atoms with van der Waals surface area (Å²) in [4.78, 5) is 30.4. The van der Waals surface area contributed by atoms with E-state index in [-0.39, 0.29) is 0 Å². The number of benzene rings is 6. The zero-order valence-corrected chi connectivity index (χ0v) is 30.1. The largest absolute Gasteiger partial charge is 0.263 e. The van der Waals surface area contributed by atoms with Crippen molar-refractivity contribution in [3.63, 3.8) is 0 Å². The molecule has 0 saturated heterocycles. The molecule has 6 aromatic carbocycles. The van der Waals surface area contributed by atoms with E-state index in [2.05, 4.69) is 84.5 Å². The summed E-state index contributed by atoms with van der Waals surface area (Å²) < 4.78 is 0. The van der Waals surface area contributed by atoms with Crippen molar-refractivity contribution >= 4 is 40.3 Å². The zero-order chi connectivity index (χ0) is 37.1. The molecular formula is C49H34N6. The van der Waals surface area contributed by atoms with Crippen LogP contribution in [0, 0.1) is 0 Å². The summed E-state index contributed by atoms with van der Waals surface area (Å²) in [5.41, 5.74) is 11.7. The summed E-state index contributed by atoms with van der Waals surface area (Å²) in [6.45, 7) is 5.90. The molecule has 0 fully saturated rings. The van der Waals surface area contributed by atoms with Crippen molar-refractivity contribution < 1.29 is 0 Å². The normalized spacial score (nSPS) is 11.4. The standard InChI is InChI=1S/C49H34N6/c1-3-15-34-22-14-25-39(44(34)50-2)37-23-13-24-38(30-37)48-53-47(36-20-11-6-12-21-36)54-49(55-48)41-31-43(33-18-9-5-10-19-33)52-46-40(41)28-26-35-27-29-42(51-45(35)46)32-16-7-4-8-17-32/h3-31H,2H2,1H3/b15-3-. The van der Waals surface area contributed by atoms with Gasteiger partial charge in [0.25, 0.3) is 0 Å². The van der Waals surface area contributed by atoms with Gasteiger partial charge < -0.3 is 0 Å². The molecule has 0 unspecified atom stereocenters. The predicted molar refractivity (Wildman–Crippen MR) is 227 cm³/mol.